The highest BCUT2D eigenvalue weighted by Crippen LogP contribution is 2.10. The number of carbonyl (C=O) groups is 3. The molecule has 1 aromatic carbocycles. The number of anilines is 1. The molecule has 0 aromatic heterocycles. The molecule has 108 valence electrons. The van der Waals surface area contributed by atoms with Gasteiger partial charge in [-0.05, 0) is 25.5 Å². The van der Waals surface area contributed by atoms with Crippen LogP contribution < -0.4 is 10.6 Å². The van der Waals surface area contributed by atoms with Crippen LogP contribution in [0.3, 0.4) is 0 Å². The zero-order valence-corrected chi connectivity index (χ0v) is 11.9. The molecule has 0 aliphatic rings. The normalized spacial score (nSPS) is 9.90. The molecule has 1 rings (SSSR count). The number of ketones is 1. The molecule has 1 aromatic rings. The van der Waals surface area contributed by atoms with Crippen molar-refractivity contribution in [3.8, 4) is 0 Å². The third-order valence-corrected chi connectivity index (χ3v) is 2.76. The first-order chi connectivity index (χ1) is 9.52. The summed E-state index contributed by atoms with van der Waals surface area (Å²) in [7, 11) is 0. The summed E-state index contributed by atoms with van der Waals surface area (Å²) < 4.78 is 0. The number of hydrogen-bond donors (Lipinski definition) is 2. The van der Waals surface area contributed by atoms with Crippen molar-refractivity contribution >= 4 is 23.3 Å². The lowest BCUT2D eigenvalue weighted by molar-refractivity contribution is -0.124. The van der Waals surface area contributed by atoms with Crippen LogP contribution in [-0.4, -0.2) is 24.1 Å². The number of nitrogens with one attached hydrogen (secondary N) is 2. The highest BCUT2D eigenvalue weighted by molar-refractivity contribution is 5.98. The van der Waals surface area contributed by atoms with Gasteiger partial charge in [0.25, 0.3) is 0 Å². The van der Waals surface area contributed by atoms with Crippen LogP contribution in [0.1, 0.15) is 43.5 Å². The second-order valence-corrected chi connectivity index (χ2v) is 4.57. The van der Waals surface area contributed by atoms with Crippen LogP contribution in [0, 0.1) is 0 Å². The van der Waals surface area contributed by atoms with Crippen molar-refractivity contribution in [2.45, 2.75) is 33.1 Å². The molecule has 5 heteroatoms. The summed E-state index contributed by atoms with van der Waals surface area (Å²) in [6.45, 7) is 3.41. The summed E-state index contributed by atoms with van der Waals surface area (Å²) in [5.74, 6) is -0.496. The predicted octanol–water partition coefficient (Wildman–Crippen LogP) is 2.13. The Bertz CT molecular complexity index is 498. The van der Waals surface area contributed by atoms with Crippen LogP contribution in [0.5, 0.6) is 0 Å². The monoisotopic (exact) mass is 276 g/mol. The first-order valence-electron chi connectivity index (χ1n) is 6.70. The molecule has 2 N–H and O–H groups in total. The molecule has 0 aliphatic carbocycles. The van der Waals surface area contributed by atoms with E-state index in [0.717, 1.165) is 12.8 Å². The Hall–Kier alpha value is -2.17. The molecular weight excluding hydrogens is 256 g/mol. The number of carbonyl (C=O) groups excluding carboxylic acids is 3. The Morgan fingerprint density at radius 2 is 1.90 bits per heavy atom. The molecule has 0 heterocycles. The Kier molecular flexibility index (Phi) is 6.43. The Balaban J connectivity index is 2.44. The maximum absolute atomic E-state index is 11.7. The van der Waals surface area contributed by atoms with Crippen LogP contribution in [0.25, 0.3) is 0 Å². The Morgan fingerprint density at radius 3 is 2.55 bits per heavy atom. The molecule has 0 aliphatic heterocycles. The fourth-order valence-corrected chi connectivity index (χ4v) is 1.63. The highest BCUT2D eigenvalue weighted by atomic mass is 16.2. The van der Waals surface area contributed by atoms with Gasteiger partial charge < -0.3 is 10.6 Å². The quantitative estimate of drug-likeness (QED) is 0.749. The van der Waals surface area contributed by atoms with Crippen molar-refractivity contribution in [3.05, 3.63) is 29.8 Å². The summed E-state index contributed by atoms with van der Waals surface area (Å²) in [5, 5.41) is 5.20. The molecule has 0 bridgehead atoms. The maximum Gasteiger partial charge on any atom is 0.243 e. The molecule has 5 nitrogen and oxygen atoms in total. The lowest BCUT2D eigenvalue weighted by Crippen LogP contribution is -2.32. The van der Waals surface area contributed by atoms with E-state index in [2.05, 4.69) is 10.6 Å². The number of rotatable bonds is 7. The van der Waals surface area contributed by atoms with Gasteiger partial charge >= 0.3 is 0 Å². The van der Waals surface area contributed by atoms with Gasteiger partial charge in [-0.3, -0.25) is 14.4 Å². The van der Waals surface area contributed by atoms with Gasteiger partial charge in [-0.1, -0.05) is 25.5 Å². The van der Waals surface area contributed by atoms with Crippen LogP contribution in [0.2, 0.25) is 0 Å². The number of Topliss-reactive ketones (excluding diaryl/α,β-unsaturated/α-hetero) is 1. The van der Waals surface area contributed by atoms with Crippen molar-refractivity contribution in [3.63, 3.8) is 0 Å². The van der Waals surface area contributed by atoms with Crippen LogP contribution in [0.15, 0.2) is 24.3 Å². The number of hydrogen-bond acceptors (Lipinski definition) is 3. The zero-order chi connectivity index (χ0) is 15.0. The largest absolute Gasteiger partial charge is 0.347 e. The minimum atomic E-state index is -0.310. The van der Waals surface area contributed by atoms with Gasteiger partial charge in [0.15, 0.2) is 5.78 Å². The zero-order valence-electron chi connectivity index (χ0n) is 11.9. The van der Waals surface area contributed by atoms with Gasteiger partial charge in [-0.25, -0.2) is 0 Å². The van der Waals surface area contributed by atoms with E-state index in [1.54, 1.807) is 24.3 Å². The SMILES string of the molecule is CCCCC(=O)NCC(=O)Nc1cccc(C(C)=O)c1. The number of amides is 2. The second-order valence-electron chi connectivity index (χ2n) is 4.57. The first-order valence-corrected chi connectivity index (χ1v) is 6.70. The summed E-state index contributed by atoms with van der Waals surface area (Å²) in [6, 6.07) is 6.69. The molecule has 2 amide bonds. The van der Waals surface area contributed by atoms with E-state index in [1.807, 2.05) is 6.92 Å². The average molecular weight is 276 g/mol. The fraction of sp³-hybridized carbons (Fsp3) is 0.400. The molecular formula is C15H20N2O3. The first kappa shape index (κ1) is 15.9. The Morgan fingerprint density at radius 1 is 1.15 bits per heavy atom. The van der Waals surface area contributed by atoms with E-state index in [-0.39, 0.29) is 24.1 Å². The van der Waals surface area contributed by atoms with Crippen LogP contribution in [0.4, 0.5) is 5.69 Å². The van der Waals surface area contributed by atoms with Gasteiger partial charge in [0.1, 0.15) is 0 Å². The van der Waals surface area contributed by atoms with Crippen molar-refractivity contribution in [1.29, 1.82) is 0 Å². The van der Waals surface area contributed by atoms with E-state index in [9.17, 15) is 14.4 Å². The van der Waals surface area contributed by atoms with E-state index in [1.165, 1.54) is 6.92 Å². The maximum atomic E-state index is 11.7. The summed E-state index contributed by atoms with van der Waals surface area (Å²) in [5.41, 5.74) is 1.08. The standard InChI is InChI=1S/C15H20N2O3/c1-3-4-8-14(19)16-10-15(20)17-13-7-5-6-12(9-13)11(2)18/h5-7,9H,3-4,8,10H2,1-2H3,(H,16,19)(H,17,20). The van der Waals surface area contributed by atoms with E-state index in [4.69, 9.17) is 0 Å². The minimum absolute atomic E-state index is 0.0611. The molecule has 0 radical (unpaired) electrons. The smallest absolute Gasteiger partial charge is 0.243 e. The Labute approximate surface area is 118 Å². The summed E-state index contributed by atoms with van der Waals surface area (Å²) >= 11 is 0. The molecule has 0 saturated heterocycles. The van der Waals surface area contributed by atoms with Gasteiger partial charge in [0.05, 0.1) is 6.54 Å². The molecule has 20 heavy (non-hydrogen) atoms. The topological polar surface area (TPSA) is 75.3 Å². The predicted molar refractivity (Wildman–Crippen MR) is 77.6 cm³/mol. The van der Waals surface area contributed by atoms with Gasteiger partial charge in [-0.2, -0.15) is 0 Å². The molecule has 0 spiro atoms. The second kappa shape index (κ2) is 8.09. The fourth-order valence-electron chi connectivity index (χ4n) is 1.63. The molecule has 0 fully saturated rings. The third-order valence-electron chi connectivity index (χ3n) is 2.76. The van der Waals surface area contributed by atoms with Gasteiger partial charge in [0.2, 0.25) is 11.8 Å². The summed E-state index contributed by atoms with van der Waals surface area (Å²) in [6.07, 6.45) is 2.19. The highest BCUT2D eigenvalue weighted by Gasteiger charge is 2.06. The third kappa shape index (κ3) is 5.65. The van der Waals surface area contributed by atoms with Crippen LogP contribution in [-0.2, 0) is 9.59 Å². The summed E-state index contributed by atoms with van der Waals surface area (Å²) in [4.78, 5) is 34.3. The lowest BCUT2D eigenvalue weighted by atomic mass is 10.1. The van der Waals surface area contributed by atoms with E-state index in [0.29, 0.717) is 17.7 Å². The van der Waals surface area contributed by atoms with Gasteiger partial charge in [0, 0.05) is 17.7 Å². The van der Waals surface area contributed by atoms with Crippen LogP contribution >= 0.6 is 0 Å². The molecule has 0 unspecified atom stereocenters. The molecule has 0 atom stereocenters. The lowest BCUT2D eigenvalue weighted by Gasteiger charge is -2.07. The number of benzene rings is 1. The van der Waals surface area contributed by atoms with Crippen molar-refractivity contribution in [2.75, 3.05) is 11.9 Å². The van der Waals surface area contributed by atoms with E-state index < -0.39 is 0 Å². The minimum Gasteiger partial charge on any atom is -0.347 e. The van der Waals surface area contributed by atoms with Crippen molar-refractivity contribution in [1.82, 2.24) is 5.32 Å². The van der Waals surface area contributed by atoms with Crippen molar-refractivity contribution < 1.29 is 14.4 Å². The average Bonchev–Trinajstić information content (AvgIpc) is 2.43. The van der Waals surface area contributed by atoms with Crippen molar-refractivity contribution in [2.24, 2.45) is 0 Å². The number of unbranched alkanes of at least 4 members (excludes halogenated alkanes) is 1. The molecule has 0 saturated carbocycles. The van der Waals surface area contributed by atoms with E-state index >= 15 is 0 Å². The van der Waals surface area contributed by atoms with Gasteiger partial charge in [-0.15, -0.1) is 0 Å².